The summed E-state index contributed by atoms with van der Waals surface area (Å²) in [5.74, 6) is 0.0454. The topological polar surface area (TPSA) is 56.0 Å². The number of nitrogens with zero attached hydrogens (tertiary/aromatic N) is 1. The van der Waals surface area contributed by atoms with Crippen LogP contribution in [0.1, 0.15) is 88.6 Å². The maximum Gasteiger partial charge on any atom is 0.161 e. The standard InChI is InChI=1S/C18H30N2O/c1-9-17(5,6)15-13(12(4)21)11(3)14(19)16(20-15)18(7,8)10-2/h9-10,19H2,1-8H3. The van der Waals surface area contributed by atoms with Crippen LogP contribution in [-0.4, -0.2) is 10.8 Å². The number of nitrogen functional groups attached to an aromatic ring is 1. The summed E-state index contributed by atoms with van der Waals surface area (Å²) in [4.78, 5) is 17.0. The molecule has 0 atom stereocenters. The zero-order valence-electron chi connectivity index (χ0n) is 14.8. The molecule has 1 aromatic heterocycles. The Labute approximate surface area is 129 Å². The number of Topliss-reactive ketones (excluding diaryl/α,β-unsaturated/α-hetero) is 1. The number of anilines is 1. The molecule has 1 aromatic rings. The highest BCUT2D eigenvalue weighted by molar-refractivity contribution is 5.98. The number of aromatic nitrogens is 1. The largest absolute Gasteiger partial charge is 0.397 e. The molecular formula is C18H30N2O. The summed E-state index contributed by atoms with van der Waals surface area (Å²) >= 11 is 0. The van der Waals surface area contributed by atoms with Gasteiger partial charge in [-0.05, 0) is 32.3 Å². The Morgan fingerprint density at radius 2 is 1.48 bits per heavy atom. The third-order valence-electron chi connectivity index (χ3n) is 4.90. The molecule has 0 amide bonds. The molecule has 0 aliphatic rings. The number of hydrogen-bond acceptors (Lipinski definition) is 3. The van der Waals surface area contributed by atoms with Gasteiger partial charge in [0.2, 0.25) is 0 Å². The summed E-state index contributed by atoms with van der Waals surface area (Å²) < 4.78 is 0. The first-order chi connectivity index (χ1) is 9.49. The average Bonchev–Trinajstić information content (AvgIpc) is 2.40. The minimum atomic E-state index is -0.141. The first kappa shape index (κ1) is 17.7. The zero-order chi connectivity index (χ0) is 16.6. The smallest absolute Gasteiger partial charge is 0.161 e. The van der Waals surface area contributed by atoms with Crippen molar-refractivity contribution in [1.29, 1.82) is 0 Å². The summed E-state index contributed by atoms with van der Waals surface area (Å²) in [6, 6.07) is 0. The molecule has 2 N–H and O–H groups in total. The molecule has 3 nitrogen and oxygen atoms in total. The predicted molar refractivity (Wildman–Crippen MR) is 90.0 cm³/mol. The van der Waals surface area contributed by atoms with E-state index in [0.717, 1.165) is 29.8 Å². The molecule has 0 aromatic carbocycles. The maximum atomic E-state index is 12.1. The van der Waals surface area contributed by atoms with Crippen molar-refractivity contribution in [2.75, 3.05) is 5.73 Å². The Bertz CT molecular complexity index is 557. The summed E-state index contributed by atoms with van der Waals surface area (Å²) in [6.07, 6.45) is 1.88. The van der Waals surface area contributed by atoms with Gasteiger partial charge in [-0.15, -0.1) is 0 Å². The van der Waals surface area contributed by atoms with E-state index in [1.54, 1.807) is 6.92 Å². The quantitative estimate of drug-likeness (QED) is 0.809. The zero-order valence-corrected chi connectivity index (χ0v) is 14.8. The van der Waals surface area contributed by atoms with Crippen LogP contribution < -0.4 is 5.73 Å². The van der Waals surface area contributed by atoms with Gasteiger partial charge in [0.15, 0.2) is 5.78 Å². The number of nitrogens with two attached hydrogens (primary N) is 1. The Balaban J connectivity index is 3.81. The van der Waals surface area contributed by atoms with Gasteiger partial charge in [0.1, 0.15) is 0 Å². The van der Waals surface area contributed by atoms with Crippen molar-refractivity contribution < 1.29 is 4.79 Å². The maximum absolute atomic E-state index is 12.1. The van der Waals surface area contributed by atoms with E-state index < -0.39 is 0 Å². The van der Waals surface area contributed by atoms with Crippen molar-refractivity contribution in [3.63, 3.8) is 0 Å². The summed E-state index contributed by atoms with van der Waals surface area (Å²) in [5.41, 5.74) is 10.1. The molecule has 0 aliphatic heterocycles. The van der Waals surface area contributed by atoms with Crippen LogP contribution in [0.15, 0.2) is 0 Å². The number of pyridine rings is 1. The van der Waals surface area contributed by atoms with Crippen LogP contribution in [0.5, 0.6) is 0 Å². The minimum absolute atomic E-state index is 0.0454. The van der Waals surface area contributed by atoms with E-state index in [2.05, 4.69) is 41.5 Å². The summed E-state index contributed by atoms with van der Waals surface area (Å²) in [7, 11) is 0. The van der Waals surface area contributed by atoms with Gasteiger partial charge >= 0.3 is 0 Å². The van der Waals surface area contributed by atoms with E-state index in [-0.39, 0.29) is 16.6 Å². The van der Waals surface area contributed by atoms with Crippen molar-refractivity contribution >= 4 is 11.5 Å². The van der Waals surface area contributed by atoms with Crippen molar-refractivity contribution in [3.05, 3.63) is 22.5 Å². The molecule has 0 aliphatic carbocycles. The molecule has 1 heterocycles. The van der Waals surface area contributed by atoms with Crippen LogP contribution in [0.2, 0.25) is 0 Å². The lowest BCUT2D eigenvalue weighted by atomic mass is 9.78. The lowest BCUT2D eigenvalue weighted by Crippen LogP contribution is -2.28. The van der Waals surface area contributed by atoms with Crippen LogP contribution in [-0.2, 0) is 10.8 Å². The molecule has 0 radical (unpaired) electrons. The number of hydrogen-bond donors (Lipinski definition) is 1. The first-order valence-electron chi connectivity index (χ1n) is 7.81. The second kappa shape index (κ2) is 5.78. The van der Waals surface area contributed by atoms with Crippen LogP contribution in [0.4, 0.5) is 5.69 Å². The predicted octanol–water partition coefficient (Wildman–Crippen LogP) is 4.55. The molecule has 0 saturated carbocycles. The van der Waals surface area contributed by atoms with Crippen LogP contribution in [0.3, 0.4) is 0 Å². The first-order valence-corrected chi connectivity index (χ1v) is 7.81. The van der Waals surface area contributed by atoms with Gasteiger partial charge < -0.3 is 5.73 Å². The van der Waals surface area contributed by atoms with Crippen LogP contribution in [0, 0.1) is 6.92 Å². The SMILES string of the molecule is CCC(C)(C)c1nc(C(C)(C)CC)c(C(C)=O)c(C)c1N. The van der Waals surface area contributed by atoms with Gasteiger partial charge in [-0.1, -0.05) is 41.5 Å². The van der Waals surface area contributed by atoms with Gasteiger partial charge in [0, 0.05) is 16.4 Å². The van der Waals surface area contributed by atoms with Crippen molar-refractivity contribution in [2.45, 2.75) is 79.1 Å². The average molecular weight is 290 g/mol. The van der Waals surface area contributed by atoms with Crippen molar-refractivity contribution in [2.24, 2.45) is 0 Å². The Kier molecular flexibility index (Phi) is 4.87. The monoisotopic (exact) mass is 290 g/mol. The Hall–Kier alpha value is -1.38. The van der Waals surface area contributed by atoms with E-state index in [0.29, 0.717) is 11.3 Å². The molecule has 1 rings (SSSR count). The van der Waals surface area contributed by atoms with E-state index in [9.17, 15) is 4.79 Å². The van der Waals surface area contributed by atoms with Gasteiger partial charge in [-0.3, -0.25) is 9.78 Å². The molecule has 0 saturated heterocycles. The Morgan fingerprint density at radius 1 is 1.05 bits per heavy atom. The van der Waals surface area contributed by atoms with E-state index >= 15 is 0 Å². The molecule has 3 heteroatoms. The van der Waals surface area contributed by atoms with Crippen LogP contribution >= 0.6 is 0 Å². The lowest BCUT2D eigenvalue weighted by molar-refractivity contribution is 0.101. The highest BCUT2D eigenvalue weighted by atomic mass is 16.1. The second-order valence-electron chi connectivity index (χ2n) is 7.25. The third kappa shape index (κ3) is 3.12. The van der Waals surface area contributed by atoms with E-state index in [4.69, 9.17) is 10.7 Å². The lowest BCUT2D eigenvalue weighted by Gasteiger charge is -2.31. The van der Waals surface area contributed by atoms with Gasteiger partial charge in [0.05, 0.1) is 17.1 Å². The molecule has 0 bridgehead atoms. The van der Waals surface area contributed by atoms with Gasteiger partial charge in [0.25, 0.3) is 0 Å². The summed E-state index contributed by atoms with van der Waals surface area (Å²) in [5, 5.41) is 0. The van der Waals surface area contributed by atoms with Crippen LogP contribution in [0.25, 0.3) is 0 Å². The molecule has 21 heavy (non-hydrogen) atoms. The normalized spacial score (nSPS) is 12.6. The third-order valence-corrected chi connectivity index (χ3v) is 4.90. The molecule has 0 spiro atoms. The van der Waals surface area contributed by atoms with Gasteiger partial charge in [-0.2, -0.15) is 0 Å². The highest BCUT2D eigenvalue weighted by Gasteiger charge is 2.32. The summed E-state index contributed by atoms with van der Waals surface area (Å²) in [6.45, 7) is 16.4. The van der Waals surface area contributed by atoms with E-state index in [1.807, 2.05) is 6.92 Å². The fourth-order valence-corrected chi connectivity index (χ4v) is 2.49. The molecule has 0 unspecified atom stereocenters. The number of carbonyl (C=O) groups is 1. The van der Waals surface area contributed by atoms with Gasteiger partial charge in [-0.25, -0.2) is 0 Å². The molecule has 0 fully saturated rings. The van der Waals surface area contributed by atoms with E-state index in [1.165, 1.54) is 0 Å². The Morgan fingerprint density at radius 3 is 1.86 bits per heavy atom. The fourth-order valence-electron chi connectivity index (χ4n) is 2.49. The number of rotatable bonds is 5. The van der Waals surface area contributed by atoms with Crippen molar-refractivity contribution in [3.8, 4) is 0 Å². The number of ketones is 1. The number of carbonyl (C=O) groups excluding carboxylic acids is 1. The minimum Gasteiger partial charge on any atom is -0.397 e. The van der Waals surface area contributed by atoms with Crippen molar-refractivity contribution in [1.82, 2.24) is 4.98 Å². The highest BCUT2D eigenvalue weighted by Crippen LogP contribution is 2.38. The fraction of sp³-hybridized carbons (Fsp3) is 0.667. The molecular weight excluding hydrogens is 260 g/mol. The molecule has 118 valence electrons. The second-order valence-corrected chi connectivity index (χ2v) is 7.25.